The van der Waals surface area contributed by atoms with Crippen LogP contribution in [0.5, 0.6) is 0 Å². The topological polar surface area (TPSA) is 17.0 Å². The van der Waals surface area contributed by atoms with E-state index in [1.807, 2.05) is 6.07 Å². The lowest BCUT2D eigenvalue weighted by atomic mass is 10.1. The van der Waals surface area contributed by atoms with E-state index >= 15 is 0 Å². The van der Waals surface area contributed by atoms with E-state index in [4.69, 9.17) is 0 Å². The van der Waals surface area contributed by atoms with Crippen molar-refractivity contribution in [2.75, 3.05) is 6.54 Å². The molecule has 0 fully saturated rings. The maximum atomic E-state index is 13.1. The van der Waals surface area contributed by atoms with Crippen LogP contribution >= 0.6 is 0 Å². The first-order chi connectivity index (χ1) is 10.0. The number of alkyl halides is 3. The van der Waals surface area contributed by atoms with E-state index < -0.39 is 11.7 Å². The number of hydrogen-bond donors (Lipinski definition) is 1. The zero-order valence-corrected chi connectivity index (χ0v) is 12.0. The van der Waals surface area contributed by atoms with Gasteiger partial charge in [-0.1, -0.05) is 25.5 Å². The number of halogens is 3. The summed E-state index contributed by atoms with van der Waals surface area (Å²) in [6.45, 7) is 3.52. The van der Waals surface area contributed by atoms with E-state index in [1.54, 1.807) is 22.9 Å². The summed E-state index contributed by atoms with van der Waals surface area (Å²) in [5.41, 5.74) is 0.376. The molecule has 0 saturated carbocycles. The molecule has 0 amide bonds. The normalized spacial score (nSPS) is 11.8. The van der Waals surface area contributed by atoms with Gasteiger partial charge in [-0.25, -0.2) is 0 Å². The first kappa shape index (κ1) is 15.6. The van der Waals surface area contributed by atoms with Gasteiger partial charge in [0.25, 0.3) is 0 Å². The third-order valence-electron chi connectivity index (χ3n) is 3.32. The minimum absolute atomic E-state index is 0.169. The van der Waals surface area contributed by atoms with Crippen molar-refractivity contribution in [2.24, 2.45) is 0 Å². The Kier molecular flexibility index (Phi) is 5.07. The van der Waals surface area contributed by atoms with Gasteiger partial charge in [0.05, 0.1) is 11.3 Å². The van der Waals surface area contributed by atoms with Gasteiger partial charge in [0, 0.05) is 18.4 Å². The molecule has 0 aliphatic rings. The van der Waals surface area contributed by atoms with Crippen molar-refractivity contribution in [3.63, 3.8) is 0 Å². The van der Waals surface area contributed by atoms with Crippen molar-refractivity contribution in [1.29, 1.82) is 0 Å². The molecule has 21 heavy (non-hydrogen) atoms. The first-order valence-electron chi connectivity index (χ1n) is 7.07. The van der Waals surface area contributed by atoms with Gasteiger partial charge in [-0.3, -0.25) is 0 Å². The Balaban J connectivity index is 2.25. The third-order valence-corrected chi connectivity index (χ3v) is 3.32. The maximum absolute atomic E-state index is 13.1. The summed E-state index contributed by atoms with van der Waals surface area (Å²) in [6.07, 6.45) is -0.542. The highest BCUT2D eigenvalue weighted by atomic mass is 19.4. The molecule has 1 heterocycles. The lowest BCUT2D eigenvalue weighted by Crippen LogP contribution is -2.18. The zero-order chi connectivity index (χ0) is 15.3. The van der Waals surface area contributed by atoms with Crippen LogP contribution < -0.4 is 5.32 Å². The Labute approximate surface area is 122 Å². The quantitative estimate of drug-likeness (QED) is 0.782. The average Bonchev–Trinajstić information content (AvgIpc) is 2.91. The Hall–Kier alpha value is -1.75. The number of hydrogen-bond acceptors (Lipinski definition) is 1. The van der Waals surface area contributed by atoms with Gasteiger partial charge in [-0.15, -0.1) is 0 Å². The molecular weight excluding hydrogens is 277 g/mol. The van der Waals surface area contributed by atoms with Crippen LogP contribution in [0, 0.1) is 0 Å². The average molecular weight is 296 g/mol. The van der Waals surface area contributed by atoms with Gasteiger partial charge in [-0.2, -0.15) is 13.2 Å². The molecule has 1 N–H and O–H groups in total. The first-order valence-corrected chi connectivity index (χ1v) is 7.07. The maximum Gasteiger partial charge on any atom is 0.418 e. The molecule has 1 aromatic heterocycles. The molecule has 0 radical (unpaired) electrons. The molecule has 0 spiro atoms. The van der Waals surface area contributed by atoms with Gasteiger partial charge in [0.1, 0.15) is 0 Å². The lowest BCUT2D eigenvalue weighted by Gasteiger charge is -2.16. The minimum Gasteiger partial charge on any atom is -0.319 e. The number of nitrogens with one attached hydrogen (secondary N) is 1. The van der Waals surface area contributed by atoms with E-state index in [9.17, 15) is 13.2 Å². The summed E-state index contributed by atoms with van der Waals surface area (Å²) in [4.78, 5) is 0. The highest BCUT2D eigenvalue weighted by molar-refractivity contribution is 5.44. The minimum atomic E-state index is -4.35. The van der Waals surface area contributed by atoms with Gasteiger partial charge in [-0.05, 0) is 37.2 Å². The Bertz CT molecular complexity index is 573. The molecule has 0 aliphatic heterocycles. The van der Waals surface area contributed by atoms with Crippen LogP contribution in [-0.2, 0) is 12.7 Å². The summed E-state index contributed by atoms with van der Waals surface area (Å²) < 4.78 is 40.9. The van der Waals surface area contributed by atoms with Gasteiger partial charge >= 0.3 is 6.18 Å². The third kappa shape index (κ3) is 3.88. The number of benzene rings is 1. The summed E-state index contributed by atoms with van der Waals surface area (Å²) in [5.74, 6) is 0. The zero-order valence-electron chi connectivity index (χ0n) is 12.0. The fourth-order valence-electron chi connectivity index (χ4n) is 2.24. The SMILES string of the molecule is CCCCNCc1cccn1-c1ccccc1C(F)(F)F. The smallest absolute Gasteiger partial charge is 0.319 e. The largest absolute Gasteiger partial charge is 0.418 e. The predicted molar refractivity (Wildman–Crippen MR) is 77.4 cm³/mol. The monoisotopic (exact) mass is 296 g/mol. The predicted octanol–water partition coefficient (Wildman–Crippen LogP) is 4.39. The fourth-order valence-corrected chi connectivity index (χ4v) is 2.24. The van der Waals surface area contributed by atoms with E-state index in [0.29, 0.717) is 6.54 Å². The number of para-hydroxylation sites is 1. The molecule has 1 aromatic carbocycles. The molecule has 2 rings (SSSR count). The molecule has 0 unspecified atom stereocenters. The fraction of sp³-hybridized carbons (Fsp3) is 0.375. The molecule has 0 saturated heterocycles. The van der Waals surface area contributed by atoms with Crippen LogP contribution in [0.4, 0.5) is 13.2 Å². The van der Waals surface area contributed by atoms with Gasteiger partial charge in [0.15, 0.2) is 0 Å². The second kappa shape index (κ2) is 6.80. The van der Waals surface area contributed by atoms with Gasteiger partial charge < -0.3 is 9.88 Å². The van der Waals surface area contributed by atoms with Crippen LogP contribution in [0.2, 0.25) is 0 Å². The highest BCUT2D eigenvalue weighted by Crippen LogP contribution is 2.34. The molecule has 5 heteroatoms. The molecule has 114 valence electrons. The van der Waals surface area contributed by atoms with Crippen molar-refractivity contribution in [1.82, 2.24) is 9.88 Å². The van der Waals surface area contributed by atoms with Crippen molar-refractivity contribution >= 4 is 0 Å². The molecular formula is C16H19F3N2. The van der Waals surface area contributed by atoms with E-state index in [-0.39, 0.29) is 5.69 Å². The summed E-state index contributed by atoms with van der Waals surface area (Å²) >= 11 is 0. The summed E-state index contributed by atoms with van der Waals surface area (Å²) in [7, 11) is 0. The highest BCUT2D eigenvalue weighted by Gasteiger charge is 2.33. The number of unbranched alkanes of at least 4 members (excludes halogenated alkanes) is 1. The van der Waals surface area contributed by atoms with E-state index in [2.05, 4.69) is 12.2 Å². The molecule has 0 atom stereocenters. The van der Waals surface area contributed by atoms with Crippen molar-refractivity contribution in [2.45, 2.75) is 32.5 Å². The van der Waals surface area contributed by atoms with Crippen LogP contribution in [0.3, 0.4) is 0 Å². The van der Waals surface area contributed by atoms with Crippen molar-refractivity contribution in [3.8, 4) is 5.69 Å². The van der Waals surface area contributed by atoms with Crippen molar-refractivity contribution in [3.05, 3.63) is 53.9 Å². The van der Waals surface area contributed by atoms with Crippen LogP contribution in [-0.4, -0.2) is 11.1 Å². The number of nitrogens with zero attached hydrogens (tertiary/aromatic N) is 1. The van der Waals surface area contributed by atoms with Crippen LogP contribution in [0.1, 0.15) is 31.0 Å². The Morgan fingerprint density at radius 3 is 2.57 bits per heavy atom. The lowest BCUT2D eigenvalue weighted by molar-refractivity contribution is -0.137. The Morgan fingerprint density at radius 2 is 1.86 bits per heavy atom. The molecule has 0 aliphatic carbocycles. The van der Waals surface area contributed by atoms with Gasteiger partial charge in [0.2, 0.25) is 0 Å². The molecule has 0 bridgehead atoms. The summed E-state index contributed by atoms with van der Waals surface area (Å²) in [6, 6.07) is 9.26. The number of rotatable bonds is 6. The molecule has 2 nitrogen and oxygen atoms in total. The summed E-state index contributed by atoms with van der Waals surface area (Å²) in [5, 5.41) is 3.25. The molecule has 2 aromatic rings. The Morgan fingerprint density at radius 1 is 1.10 bits per heavy atom. The standard InChI is InChI=1S/C16H19F3N2/c1-2-3-10-20-12-13-7-6-11-21(13)15-9-5-4-8-14(15)16(17,18)19/h4-9,11,20H,2-3,10,12H2,1H3. The van der Waals surface area contributed by atoms with E-state index in [0.717, 1.165) is 31.1 Å². The van der Waals surface area contributed by atoms with E-state index in [1.165, 1.54) is 12.1 Å². The number of aromatic nitrogens is 1. The van der Waals surface area contributed by atoms with Crippen molar-refractivity contribution < 1.29 is 13.2 Å². The second-order valence-corrected chi connectivity index (χ2v) is 4.91. The van der Waals surface area contributed by atoms with Crippen LogP contribution in [0.15, 0.2) is 42.6 Å². The van der Waals surface area contributed by atoms with Crippen LogP contribution in [0.25, 0.3) is 5.69 Å². The second-order valence-electron chi connectivity index (χ2n) is 4.91.